The van der Waals surface area contributed by atoms with Crippen LogP contribution in [0.4, 0.5) is 10.5 Å². The molecule has 0 saturated carbocycles. The molecule has 2 aromatic rings. The van der Waals surface area contributed by atoms with Crippen LogP contribution in [0.25, 0.3) is 0 Å². The van der Waals surface area contributed by atoms with Crippen LogP contribution in [-0.2, 0) is 21.3 Å². The fraction of sp³-hybridized carbons (Fsp3) is 0.435. The van der Waals surface area contributed by atoms with Gasteiger partial charge in [-0.2, -0.15) is 0 Å². The van der Waals surface area contributed by atoms with Crippen LogP contribution in [0, 0.1) is 0 Å². The summed E-state index contributed by atoms with van der Waals surface area (Å²) in [7, 11) is -0.550. The predicted octanol–water partition coefficient (Wildman–Crippen LogP) is 3.96. The molecule has 0 radical (unpaired) electrons. The highest BCUT2D eigenvalue weighted by Gasteiger charge is 2.40. The van der Waals surface area contributed by atoms with Gasteiger partial charge < -0.3 is 14.2 Å². The van der Waals surface area contributed by atoms with Crippen LogP contribution in [0.3, 0.4) is 0 Å². The summed E-state index contributed by atoms with van der Waals surface area (Å²) >= 11 is 0. The van der Waals surface area contributed by atoms with Crippen molar-refractivity contribution in [2.24, 2.45) is 0 Å². The SMILES string of the molecule is CCOC(=O)N(Cc1ccccc1)[C@H]1C[C@@H](C)N(S(C)(=O)=O)c2cc(OC)c(OC)cc21. The van der Waals surface area contributed by atoms with E-state index in [4.69, 9.17) is 14.2 Å². The van der Waals surface area contributed by atoms with Crippen LogP contribution in [0.15, 0.2) is 42.5 Å². The molecular weight excluding hydrogens is 432 g/mol. The number of ether oxygens (including phenoxy) is 3. The summed E-state index contributed by atoms with van der Waals surface area (Å²) in [5, 5.41) is 0. The number of amides is 1. The zero-order chi connectivity index (χ0) is 23.5. The second kappa shape index (κ2) is 9.68. The van der Waals surface area contributed by atoms with Crippen LogP contribution in [0.5, 0.6) is 11.5 Å². The maximum atomic E-state index is 13.0. The third-order valence-corrected chi connectivity index (χ3v) is 6.80. The lowest BCUT2D eigenvalue weighted by Gasteiger charge is -2.43. The molecule has 1 aliphatic heterocycles. The van der Waals surface area contributed by atoms with Gasteiger partial charge in [0.05, 0.1) is 38.8 Å². The Morgan fingerprint density at radius 1 is 1.12 bits per heavy atom. The second-order valence-electron chi connectivity index (χ2n) is 7.74. The van der Waals surface area contributed by atoms with E-state index in [1.807, 2.05) is 37.3 Å². The Hall–Kier alpha value is -2.94. The molecule has 2 atom stereocenters. The zero-order valence-electron chi connectivity index (χ0n) is 19.1. The van der Waals surface area contributed by atoms with Gasteiger partial charge in [0.15, 0.2) is 11.5 Å². The number of fused-ring (bicyclic) bond motifs is 1. The van der Waals surface area contributed by atoms with Crippen LogP contribution in [0.2, 0.25) is 0 Å². The number of carbonyl (C=O) groups excluding carboxylic acids is 1. The van der Waals surface area contributed by atoms with E-state index in [1.54, 1.807) is 24.0 Å². The topological polar surface area (TPSA) is 85.4 Å². The second-order valence-corrected chi connectivity index (χ2v) is 9.60. The van der Waals surface area contributed by atoms with Crippen molar-refractivity contribution in [2.75, 3.05) is 31.4 Å². The first kappa shape index (κ1) is 23.7. The fourth-order valence-electron chi connectivity index (χ4n) is 4.21. The lowest BCUT2D eigenvalue weighted by atomic mass is 9.91. The minimum Gasteiger partial charge on any atom is -0.493 e. The molecule has 0 saturated heterocycles. The molecule has 2 aromatic carbocycles. The summed E-state index contributed by atoms with van der Waals surface area (Å²) in [6.45, 7) is 4.15. The quantitative estimate of drug-likeness (QED) is 0.619. The number of methoxy groups -OCH3 is 2. The number of sulfonamides is 1. The number of anilines is 1. The van der Waals surface area contributed by atoms with Gasteiger partial charge in [0.1, 0.15) is 0 Å². The Balaban J connectivity index is 2.18. The number of hydrogen-bond donors (Lipinski definition) is 0. The summed E-state index contributed by atoms with van der Waals surface area (Å²) in [6, 6.07) is 12.2. The predicted molar refractivity (Wildman–Crippen MR) is 123 cm³/mol. The molecule has 0 aliphatic carbocycles. The average molecular weight is 463 g/mol. The van der Waals surface area contributed by atoms with Crippen molar-refractivity contribution >= 4 is 21.8 Å². The van der Waals surface area contributed by atoms with Gasteiger partial charge in [0.25, 0.3) is 0 Å². The maximum absolute atomic E-state index is 13.0. The summed E-state index contributed by atoms with van der Waals surface area (Å²) in [6.07, 6.45) is 1.13. The molecule has 1 heterocycles. The zero-order valence-corrected chi connectivity index (χ0v) is 19.9. The van der Waals surface area contributed by atoms with Crippen molar-refractivity contribution in [3.8, 4) is 11.5 Å². The lowest BCUT2D eigenvalue weighted by molar-refractivity contribution is 0.0819. The van der Waals surface area contributed by atoms with Crippen molar-refractivity contribution in [2.45, 2.75) is 38.9 Å². The van der Waals surface area contributed by atoms with Crippen LogP contribution < -0.4 is 13.8 Å². The molecule has 8 nitrogen and oxygen atoms in total. The number of carbonyl (C=O) groups is 1. The highest BCUT2D eigenvalue weighted by molar-refractivity contribution is 7.92. The van der Waals surface area contributed by atoms with E-state index in [1.165, 1.54) is 24.8 Å². The minimum absolute atomic E-state index is 0.237. The maximum Gasteiger partial charge on any atom is 0.410 e. The first-order valence-corrected chi connectivity index (χ1v) is 12.3. The Morgan fingerprint density at radius 3 is 2.31 bits per heavy atom. The van der Waals surface area contributed by atoms with Gasteiger partial charge in [-0.25, -0.2) is 13.2 Å². The van der Waals surface area contributed by atoms with Gasteiger partial charge in [-0.05, 0) is 31.9 Å². The fourth-order valence-corrected chi connectivity index (χ4v) is 5.47. The van der Waals surface area contributed by atoms with Gasteiger partial charge in [-0.1, -0.05) is 30.3 Å². The van der Waals surface area contributed by atoms with Gasteiger partial charge in [0, 0.05) is 24.2 Å². The van der Waals surface area contributed by atoms with E-state index < -0.39 is 22.2 Å². The molecule has 1 amide bonds. The molecule has 0 spiro atoms. The van der Waals surface area contributed by atoms with Crippen LogP contribution >= 0.6 is 0 Å². The summed E-state index contributed by atoms with van der Waals surface area (Å²) in [4.78, 5) is 14.7. The molecule has 32 heavy (non-hydrogen) atoms. The number of hydrogen-bond acceptors (Lipinski definition) is 6. The lowest BCUT2D eigenvalue weighted by Crippen LogP contribution is -2.47. The highest BCUT2D eigenvalue weighted by Crippen LogP contribution is 2.47. The monoisotopic (exact) mass is 462 g/mol. The van der Waals surface area contributed by atoms with E-state index in [2.05, 4.69) is 0 Å². The molecule has 0 bridgehead atoms. The third-order valence-electron chi connectivity index (χ3n) is 5.53. The highest BCUT2D eigenvalue weighted by atomic mass is 32.2. The Kier molecular flexibility index (Phi) is 7.18. The standard InChI is InChI=1S/C23H30N2O6S/c1-6-31-23(26)24(15-17-10-8-7-9-11-17)19-12-16(2)25(32(5,27)28)20-14-22(30-4)21(29-3)13-18(19)20/h7-11,13-14,16,19H,6,12,15H2,1-5H3/t16-,19+/m1/s1. The van der Waals surface area contributed by atoms with Crippen LogP contribution in [-0.4, -0.2) is 52.5 Å². The Bertz CT molecular complexity index is 1060. The number of benzene rings is 2. The summed E-state index contributed by atoms with van der Waals surface area (Å²) in [5.41, 5.74) is 2.08. The van der Waals surface area contributed by atoms with E-state index in [0.717, 1.165) is 5.56 Å². The molecule has 0 unspecified atom stereocenters. The van der Waals surface area contributed by atoms with E-state index >= 15 is 0 Å². The van der Waals surface area contributed by atoms with Gasteiger partial charge >= 0.3 is 6.09 Å². The number of nitrogens with zero attached hydrogens (tertiary/aromatic N) is 2. The van der Waals surface area contributed by atoms with Crippen molar-refractivity contribution in [1.29, 1.82) is 0 Å². The first-order valence-electron chi connectivity index (χ1n) is 10.4. The van der Waals surface area contributed by atoms with Crippen molar-refractivity contribution in [3.05, 3.63) is 53.6 Å². The van der Waals surface area contributed by atoms with Crippen molar-refractivity contribution in [3.63, 3.8) is 0 Å². The van der Waals surface area contributed by atoms with E-state index in [0.29, 0.717) is 35.7 Å². The normalized spacial score (nSPS) is 18.0. The summed E-state index contributed by atoms with van der Waals surface area (Å²) < 4.78 is 43.0. The molecule has 9 heteroatoms. The molecular formula is C23H30N2O6S. The Labute approximate surface area is 189 Å². The molecule has 174 valence electrons. The molecule has 3 rings (SSSR count). The van der Waals surface area contributed by atoms with Crippen LogP contribution in [0.1, 0.15) is 37.4 Å². The largest absolute Gasteiger partial charge is 0.493 e. The van der Waals surface area contributed by atoms with Gasteiger partial charge in [-0.3, -0.25) is 9.21 Å². The molecule has 0 N–H and O–H groups in total. The van der Waals surface area contributed by atoms with Gasteiger partial charge in [-0.15, -0.1) is 0 Å². The molecule has 1 aliphatic rings. The average Bonchev–Trinajstić information content (AvgIpc) is 2.75. The molecule has 0 fully saturated rings. The minimum atomic E-state index is -3.57. The summed E-state index contributed by atoms with van der Waals surface area (Å²) in [5.74, 6) is 0.876. The van der Waals surface area contributed by atoms with Crippen molar-refractivity contribution in [1.82, 2.24) is 4.90 Å². The van der Waals surface area contributed by atoms with Gasteiger partial charge in [0.2, 0.25) is 10.0 Å². The molecule has 0 aromatic heterocycles. The first-order chi connectivity index (χ1) is 15.2. The van der Waals surface area contributed by atoms with E-state index in [-0.39, 0.29) is 12.6 Å². The Morgan fingerprint density at radius 2 is 1.75 bits per heavy atom. The number of rotatable bonds is 7. The van der Waals surface area contributed by atoms with E-state index in [9.17, 15) is 13.2 Å². The smallest absolute Gasteiger partial charge is 0.410 e. The third kappa shape index (κ3) is 4.77. The van der Waals surface area contributed by atoms with Crippen molar-refractivity contribution < 1.29 is 27.4 Å².